The third kappa shape index (κ3) is 6.80. The van der Waals surface area contributed by atoms with Gasteiger partial charge in [-0.15, -0.1) is 5.10 Å². The van der Waals surface area contributed by atoms with E-state index in [2.05, 4.69) is 22.4 Å². The number of piperazine rings is 1. The first-order valence-corrected chi connectivity index (χ1v) is 11.6. The van der Waals surface area contributed by atoms with E-state index in [4.69, 9.17) is 4.74 Å². The molecule has 1 aromatic carbocycles. The van der Waals surface area contributed by atoms with Crippen LogP contribution < -0.4 is 15.0 Å². The van der Waals surface area contributed by atoms with Crippen LogP contribution in [0.3, 0.4) is 0 Å². The highest BCUT2D eigenvalue weighted by atomic mass is 32.1. The average Bonchev–Trinajstić information content (AvgIpc) is 3.26. The number of aromatic nitrogens is 2. The minimum absolute atomic E-state index is 0.105. The summed E-state index contributed by atoms with van der Waals surface area (Å²) in [4.78, 5) is 27.8. The number of carbonyl (C=O) groups is 2. The summed E-state index contributed by atoms with van der Waals surface area (Å²) < 4.78 is 44.9. The molecular formula is C21H26F3N5O3S. The molecule has 1 aliphatic rings. The molecule has 0 saturated carbocycles. The van der Waals surface area contributed by atoms with E-state index in [0.717, 1.165) is 43.1 Å². The smallest absolute Gasteiger partial charge is 0.380 e. The third-order valence-corrected chi connectivity index (χ3v) is 6.04. The molecule has 33 heavy (non-hydrogen) atoms. The fourth-order valence-electron chi connectivity index (χ4n) is 3.42. The normalized spacial score (nSPS) is 14.3. The van der Waals surface area contributed by atoms with Crippen molar-refractivity contribution in [2.45, 2.75) is 38.8 Å². The zero-order valence-electron chi connectivity index (χ0n) is 18.2. The summed E-state index contributed by atoms with van der Waals surface area (Å²) in [6, 6.07) is 4.79. The summed E-state index contributed by atoms with van der Waals surface area (Å²) >= 11 is 1.10. The van der Waals surface area contributed by atoms with Crippen molar-refractivity contribution in [2.75, 3.05) is 37.6 Å². The van der Waals surface area contributed by atoms with Crippen LogP contribution in [0.5, 0.6) is 5.19 Å². The Morgan fingerprint density at radius 2 is 1.82 bits per heavy atom. The molecule has 2 aromatic rings. The number of hydrogen-bond acceptors (Lipinski definition) is 7. The highest BCUT2D eigenvalue weighted by molar-refractivity contribution is 7.17. The lowest BCUT2D eigenvalue weighted by molar-refractivity contribution is -0.138. The number of carbonyl (C=O) groups excluding carboxylic acids is 2. The predicted octanol–water partition coefficient (Wildman–Crippen LogP) is 4.19. The SMILES string of the molecule is CCCCCCNC(=O)Oc1nnc(N2CCN(C(=O)c3ccccc3C(F)(F)F)CC2)s1. The zero-order chi connectivity index (χ0) is 23.8. The van der Waals surface area contributed by atoms with Crippen molar-refractivity contribution in [1.29, 1.82) is 0 Å². The highest BCUT2D eigenvalue weighted by Crippen LogP contribution is 2.33. The van der Waals surface area contributed by atoms with Crippen molar-refractivity contribution in [3.63, 3.8) is 0 Å². The van der Waals surface area contributed by atoms with Crippen LogP contribution in [0.1, 0.15) is 48.5 Å². The molecule has 0 atom stereocenters. The molecule has 0 unspecified atom stereocenters. The van der Waals surface area contributed by atoms with Gasteiger partial charge in [0.05, 0.1) is 11.1 Å². The summed E-state index contributed by atoms with van der Waals surface area (Å²) in [5.74, 6) is -0.653. The van der Waals surface area contributed by atoms with Gasteiger partial charge in [-0.1, -0.05) is 43.4 Å². The predicted molar refractivity (Wildman–Crippen MR) is 118 cm³/mol. The second-order valence-corrected chi connectivity index (χ2v) is 8.47. The first-order valence-electron chi connectivity index (χ1n) is 10.8. The van der Waals surface area contributed by atoms with Gasteiger partial charge in [0.25, 0.3) is 5.91 Å². The van der Waals surface area contributed by atoms with Gasteiger partial charge in [0, 0.05) is 32.7 Å². The molecule has 8 nitrogen and oxygen atoms in total. The molecule has 1 N–H and O–H groups in total. The van der Waals surface area contributed by atoms with Crippen LogP contribution in [0.2, 0.25) is 0 Å². The molecule has 0 aliphatic carbocycles. The first-order chi connectivity index (χ1) is 15.8. The lowest BCUT2D eigenvalue weighted by Gasteiger charge is -2.34. The fraction of sp³-hybridized carbons (Fsp3) is 0.524. The van der Waals surface area contributed by atoms with E-state index in [1.54, 1.807) is 0 Å². The minimum atomic E-state index is -4.60. The average molecular weight is 486 g/mol. The van der Waals surface area contributed by atoms with Gasteiger partial charge in [-0.25, -0.2) is 4.79 Å². The molecule has 2 amide bonds. The number of halogens is 3. The molecule has 2 heterocycles. The Morgan fingerprint density at radius 3 is 2.52 bits per heavy atom. The van der Waals surface area contributed by atoms with Crippen LogP contribution in [-0.2, 0) is 6.18 Å². The van der Waals surface area contributed by atoms with Crippen LogP contribution in [0.25, 0.3) is 0 Å². The van der Waals surface area contributed by atoms with Crippen molar-refractivity contribution in [2.24, 2.45) is 0 Å². The molecule has 1 saturated heterocycles. The molecular weight excluding hydrogens is 459 g/mol. The maximum atomic E-state index is 13.2. The number of ether oxygens (including phenoxy) is 1. The summed E-state index contributed by atoms with van der Waals surface area (Å²) in [6.07, 6.45) is -1.05. The number of hydrogen-bond donors (Lipinski definition) is 1. The molecule has 0 bridgehead atoms. The van der Waals surface area contributed by atoms with E-state index in [1.165, 1.54) is 23.1 Å². The number of amides is 2. The van der Waals surface area contributed by atoms with Gasteiger partial charge in [0.2, 0.25) is 5.13 Å². The molecule has 3 rings (SSSR count). The van der Waals surface area contributed by atoms with E-state index in [9.17, 15) is 22.8 Å². The van der Waals surface area contributed by atoms with Gasteiger partial charge in [0.15, 0.2) is 0 Å². The second-order valence-electron chi connectivity index (χ2n) is 7.55. The number of nitrogens with one attached hydrogen (secondary N) is 1. The Balaban J connectivity index is 1.50. The Kier molecular flexibility index (Phi) is 8.48. The number of alkyl halides is 3. The van der Waals surface area contributed by atoms with E-state index < -0.39 is 23.7 Å². The van der Waals surface area contributed by atoms with Crippen molar-refractivity contribution in [1.82, 2.24) is 20.4 Å². The maximum Gasteiger partial charge on any atom is 0.417 e. The largest absolute Gasteiger partial charge is 0.417 e. The number of benzene rings is 1. The quantitative estimate of drug-likeness (QED) is 0.565. The summed E-state index contributed by atoms with van der Waals surface area (Å²) in [6.45, 7) is 3.85. The Labute approximate surface area is 193 Å². The lowest BCUT2D eigenvalue weighted by atomic mass is 10.1. The van der Waals surface area contributed by atoms with E-state index >= 15 is 0 Å². The van der Waals surface area contributed by atoms with Gasteiger partial charge in [-0.05, 0) is 29.9 Å². The summed E-state index contributed by atoms with van der Waals surface area (Å²) in [7, 11) is 0. The molecule has 180 valence electrons. The van der Waals surface area contributed by atoms with Gasteiger partial charge < -0.3 is 19.9 Å². The second kappa shape index (κ2) is 11.3. The molecule has 1 aliphatic heterocycles. The van der Waals surface area contributed by atoms with E-state index in [1.807, 2.05) is 4.90 Å². The lowest BCUT2D eigenvalue weighted by Crippen LogP contribution is -2.49. The molecule has 12 heteroatoms. The van der Waals surface area contributed by atoms with Crippen molar-refractivity contribution < 1.29 is 27.5 Å². The number of nitrogens with zero attached hydrogens (tertiary/aromatic N) is 4. The van der Waals surface area contributed by atoms with Crippen LogP contribution in [0.4, 0.5) is 23.1 Å². The minimum Gasteiger partial charge on any atom is -0.380 e. The highest BCUT2D eigenvalue weighted by Gasteiger charge is 2.36. The van der Waals surface area contributed by atoms with E-state index in [-0.39, 0.29) is 23.8 Å². The number of rotatable bonds is 8. The van der Waals surface area contributed by atoms with Gasteiger partial charge in [0.1, 0.15) is 0 Å². The van der Waals surface area contributed by atoms with Gasteiger partial charge >= 0.3 is 17.5 Å². The van der Waals surface area contributed by atoms with Crippen molar-refractivity contribution >= 4 is 28.5 Å². The van der Waals surface area contributed by atoms with Gasteiger partial charge in [-0.2, -0.15) is 13.2 Å². The third-order valence-electron chi connectivity index (χ3n) is 5.18. The van der Waals surface area contributed by atoms with Crippen LogP contribution in [-0.4, -0.2) is 59.8 Å². The van der Waals surface area contributed by atoms with E-state index in [0.29, 0.717) is 24.8 Å². The molecule has 1 fully saturated rings. The van der Waals surface area contributed by atoms with Crippen LogP contribution in [0.15, 0.2) is 24.3 Å². The van der Waals surface area contributed by atoms with Crippen molar-refractivity contribution in [3.05, 3.63) is 35.4 Å². The standard InChI is InChI=1S/C21H26F3N5O3S/c1-2-3-4-7-10-25-19(31)32-20-27-26-18(33-20)29-13-11-28(12-14-29)17(30)15-8-5-6-9-16(15)21(22,23)24/h5-6,8-9H,2-4,7,10-14H2,1H3,(H,25,31). The Morgan fingerprint density at radius 1 is 1.09 bits per heavy atom. The number of unbranched alkanes of at least 4 members (excludes halogenated alkanes) is 3. The van der Waals surface area contributed by atoms with Crippen LogP contribution in [0, 0.1) is 0 Å². The summed E-state index contributed by atoms with van der Waals surface area (Å²) in [5, 5.41) is 11.2. The molecule has 0 radical (unpaired) electrons. The molecule has 1 aromatic heterocycles. The van der Waals surface area contributed by atoms with Crippen LogP contribution >= 0.6 is 11.3 Å². The van der Waals surface area contributed by atoms with Crippen molar-refractivity contribution in [3.8, 4) is 5.19 Å². The molecule has 0 spiro atoms. The summed E-state index contributed by atoms with van der Waals surface area (Å²) in [5.41, 5.74) is -1.29. The first kappa shape index (κ1) is 24.7. The topological polar surface area (TPSA) is 87.7 Å². The Bertz CT molecular complexity index is 945. The monoisotopic (exact) mass is 485 g/mol. The van der Waals surface area contributed by atoms with Gasteiger partial charge in [-0.3, -0.25) is 4.79 Å². The maximum absolute atomic E-state index is 13.2. The fourth-order valence-corrected chi connectivity index (χ4v) is 4.17. The number of anilines is 1. The zero-order valence-corrected chi connectivity index (χ0v) is 19.0. The Hall–Kier alpha value is -2.89.